The number of anilines is 1. The van der Waals surface area contributed by atoms with E-state index in [9.17, 15) is 25.2 Å². The summed E-state index contributed by atoms with van der Waals surface area (Å²) < 4.78 is 6.16. The summed E-state index contributed by atoms with van der Waals surface area (Å²) in [6.45, 7) is 0. The molecule has 2 unspecified atom stereocenters. The topological polar surface area (TPSA) is 126 Å². The summed E-state index contributed by atoms with van der Waals surface area (Å²) in [4.78, 5) is 23.8. The van der Waals surface area contributed by atoms with Gasteiger partial charge in [0.1, 0.15) is 18.0 Å². The Morgan fingerprint density at radius 3 is 2.42 bits per heavy atom. The molecule has 0 saturated heterocycles. The van der Waals surface area contributed by atoms with Gasteiger partial charge in [0.2, 0.25) is 5.69 Å². The van der Waals surface area contributed by atoms with Gasteiger partial charge in [0.15, 0.2) is 6.20 Å². The average Bonchev–Trinajstić information content (AvgIpc) is 2.94. The second-order valence-electron chi connectivity index (χ2n) is 8.38. The number of carboxylic acid groups (broad SMARTS) is 1. The fourth-order valence-corrected chi connectivity index (χ4v) is 4.40. The molecule has 2 atom stereocenters. The molecular weight excluding hydrogens is 506 g/mol. The monoisotopic (exact) mass is 527 g/mol. The maximum Gasteiger partial charge on any atom is 0.335 e. The Morgan fingerprint density at radius 2 is 1.82 bits per heavy atom. The molecule has 0 saturated carbocycles. The number of aldehydes is 1. The SMILES string of the molecule is COc1cc(C(C=O)C(Nc2ccc(C(=O)O)cc2)c2ccccc2)[n+]([O-])cc1-c1cc(Cl)ccc1C#N. The van der Waals surface area contributed by atoms with Gasteiger partial charge in [-0.3, -0.25) is 0 Å². The van der Waals surface area contributed by atoms with Crippen molar-refractivity contribution in [3.63, 3.8) is 0 Å². The van der Waals surface area contributed by atoms with Gasteiger partial charge in [-0.25, -0.2) is 4.79 Å². The van der Waals surface area contributed by atoms with E-state index < -0.39 is 17.9 Å². The number of nitrogens with zero attached hydrogens (tertiary/aromatic N) is 2. The predicted octanol–water partition coefficient (Wildman–Crippen LogP) is 5.35. The lowest BCUT2D eigenvalue weighted by Crippen LogP contribution is -2.37. The van der Waals surface area contributed by atoms with E-state index in [1.807, 2.05) is 30.3 Å². The normalized spacial score (nSPS) is 12.1. The van der Waals surface area contributed by atoms with E-state index in [0.717, 1.165) is 5.56 Å². The van der Waals surface area contributed by atoms with Crippen LogP contribution in [0.15, 0.2) is 85.1 Å². The van der Waals surface area contributed by atoms with Gasteiger partial charge in [-0.15, -0.1) is 0 Å². The second-order valence-corrected chi connectivity index (χ2v) is 8.82. The van der Waals surface area contributed by atoms with E-state index in [-0.39, 0.29) is 17.0 Å². The number of carboxylic acids is 1. The Labute approximate surface area is 223 Å². The third-order valence-corrected chi connectivity index (χ3v) is 6.35. The quantitative estimate of drug-likeness (QED) is 0.170. The fraction of sp³-hybridized carbons (Fsp3) is 0.103. The van der Waals surface area contributed by atoms with Crippen molar-refractivity contribution in [2.24, 2.45) is 0 Å². The van der Waals surface area contributed by atoms with E-state index in [0.29, 0.717) is 38.4 Å². The van der Waals surface area contributed by atoms with Crippen LogP contribution in [-0.4, -0.2) is 24.5 Å². The predicted molar refractivity (Wildman–Crippen MR) is 142 cm³/mol. The Balaban J connectivity index is 1.81. The molecule has 0 radical (unpaired) electrons. The van der Waals surface area contributed by atoms with Crippen LogP contribution in [0.25, 0.3) is 11.1 Å². The number of methoxy groups -OCH3 is 1. The summed E-state index contributed by atoms with van der Waals surface area (Å²) in [5.74, 6) is -1.73. The fourth-order valence-electron chi connectivity index (χ4n) is 4.23. The Bertz CT molecular complexity index is 1520. The first-order chi connectivity index (χ1) is 18.4. The van der Waals surface area contributed by atoms with Gasteiger partial charge in [-0.2, -0.15) is 9.99 Å². The number of carbonyl (C=O) groups is 2. The number of pyridine rings is 1. The van der Waals surface area contributed by atoms with E-state index in [1.54, 1.807) is 30.3 Å². The smallest absolute Gasteiger partial charge is 0.335 e. The molecule has 4 rings (SSSR count). The van der Waals surface area contributed by atoms with Gasteiger partial charge in [-0.05, 0) is 48.0 Å². The summed E-state index contributed by atoms with van der Waals surface area (Å²) in [5, 5.41) is 35.8. The summed E-state index contributed by atoms with van der Waals surface area (Å²) in [5.41, 5.74) is 2.61. The molecule has 0 spiro atoms. The molecule has 9 heteroatoms. The lowest BCUT2D eigenvalue weighted by atomic mass is 9.89. The standard InChI is InChI=1S/C29H22ClN3O5/c1-38-27-14-26(33(37)16-24(27)23-13-21(30)10-7-20(23)15-31)25(17-34)28(18-5-3-2-4-6-18)32-22-11-8-19(9-12-22)29(35)36/h2-14,16-17,25,28,32H,1H3,(H,35,36). The van der Waals surface area contributed by atoms with E-state index in [4.69, 9.17) is 16.3 Å². The summed E-state index contributed by atoms with van der Waals surface area (Å²) >= 11 is 6.15. The van der Waals surface area contributed by atoms with Gasteiger partial charge in [-0.1, -0.05) is 41.9 Å². The molecule has 38 heavy (non-hydrogen) atoms. The van der Waals surface area contributed by atoms with Crippen molar-refractivity contribution >= 4 is 29.5 Å². The van der Waals surface area contributed by atoms with Crippen LogP contribution in [0, 0.1) is 16.5 Å². The van der Waals surface area contributed by atoms with Crippen LogP contribution >= 0.6 is 11.6 Å². The Hall–Kier alpha value is -4.87. The van der Waals surface area contributed by atoms with Crippen molar-refractivity contribution in [2.75, 3.05) is 12.4 Å². The maximum absolute atomic E-state index is 13.4. The molecule has 8 nitrogen and oxygen atoms in total. The minimum Gasteiger partial charge on any atom is -0.618 e. The van der Waals surface area contributed by atoms with Crippen molar-refractivity contribution in [3.05, 3.63) is 118 Å². The first-order valence-corrected chi connectivity index (χ1v) is 11.8. The third-order valence-electron chi connectivity index (χ3n) is 6.12. The highest BCUT2D eigenvalue weighted by atomic mass is 35.5. The van der Waals surface area contributed by atoms with Crippen molar-refractivity contribution in [1.82, 2.24) is 0 Å². The third kappa shape index (κ3) is 5.43. The van der Waals surface area contributed by atoms with Crippen molar-refractivity contribution in [2.45, 2.75) is 12.0 Å². The number of benzene rings is 3. The van der Waals surface area contributed by atoms with Crippen molar-refractivity contribution < 1.29 is 24.2 Å². The van der Waals surface area contributed by atoms with Crippen LogP contribution in [-0.2, 0) is 4.79 Å². The zero-order chi connectivity index (χ0) is 27.2. The molecule has 0 bridgehead atoms. The molecule has 1 aromatic heterocycles. The Morgan fingerprint density at radius 1 is 1.11 bits per heavy atom. The van der Waals surface area contributed by atoms with E-state index in [1.165, 1.54) is 31.5 Å². The molecule has 0 amide bonds. The lowest BCUT2D eigenvalue weighted by molar-refractivity contribution is -0.614. The molecule has 190 valence electrons. The van der Waals surface area contributed by atoms with Gasteiger partial charge >= 0.3 is 5.97 Å². The van der Waals surface area contributed by atoms with Crippen LogP contribution < -0.4 is 14.8 Å². The number of hydrogen-bond donors (Lipinski definition) is 2. The number of rotatable bonds is 9. The molecule has 4 aromatic rings. The van der Waals surface area contributed by atoms with Gasteiger partial charge < -0.3 is 25.2 Å². The number of nitrogens with one attached hydrogen (secondary N) is 1. The van der Waals surface area contributed by atoms with Gasteiger partial charge in [0, 0.05) is 16.3 Å². The second kappa shape index (κ2) is 11.5. The minimum atomic E-state index is -1.05. The largest absolute Gasteiger partial charge is 0.618 e. The molecule has 0 fully saturated rings. The highest BCUT2D eigenvalue weighted by Gasteiger charge is 2.32. The number of carbonyl (C=O) groups excluding carboxylic acids is 1. The number of aromatic nitrogens is 1. The zero-order valence-electron chi connectivity index (χ0n) is 20.2. The van der Waals surface area contributed by atoms with Crippen LogP contribution in [0.4, 0.5) is 5.69 Å². The van der Waals surface area contributed by atoms with E-state index in [2.05, 4.69) is 11.4 Å². The highest BCUT2D eigenvalue weighted by molar-refractivity contribution is 6.31. The molecule has 0 aliphatic carbocycles. The van der Waals surface area contributed by atoms with Crippen LogP contribution in [0.3, 0.4) is 0 Å². The van der Waals surface area contributed by atoms with Gasteiger partial charge in [0.25, 0.3) is 0 Å². The lowest BCUT2D eigenvalue weighted by Gasteiger charge is -2.25. The highest BCUT2D eigenvalue weighted by Crippen LogP contribution is 2.37. The average molecular weight is 528 g/mol. The molecule has 1 heterocycles. The maximum atomic E-state index is 13.4. The summed E-state index contributed by atoms with van der Waals surface area (Å²) in [6, 6.07) is 22.8. The van der Waals surface area contributed by atoms with Crippen LogP contribution in [0.5, 0.6) is 5.75 Å². The minimum absolute atomic E-state index is 0.115. The van der Waals surface area contributed by atoms with Gasteiger partial charge in [0.05, 0.1) is 42.0 Å². The first-order valence-electron chi connectivity index (χ1n) is 11.5. The molecule has 0 aliphatic rings. The number of hydrogen-bond acceptors (Lipinski definition) is 6. The number of nitriles is 1. The summed E-state index contributed by atoms with van der Waals surface area (Å²) in [6.07, 6.45) is 1.94. The number of aromatic carboxylic acids is 1. The first kappa shape index (κ1) is 26.2. The Kier molecular flexibility index (Phi) is 7.90. The van der Waals surface area contributed by atoms with E-state index >= 15 is 0 Å². The molecule has 2 N–H and O–H groups in total. The summed E-state index contributed by atoms with van der Waals surface area (Å²) in [7, 11) is 1.43. The number of halogens is 1. The van der Waals surface area contributed by atoms with Crippen molar-refractivity contribution in [1.29, 1.82) is 5.26 Å². The van der Waals surface area contributed by atoms with Crippen molar-refractivity contribution in [3.8, 4) is 22.9 Å². The zero-order valence-corrected chi connectivity index (χ0v) is 20.9. The molecule has 0 aliphatic heterocycles. The molecular formula is C29H22ClN3O5. The molecule has 3 aromatic carbocycles. The van der Waals surface area contributed by atoms with Crippen LogP contribution in [0.2, 0.25) is 5.02 Å². The van der Waals surface area contributed by atoms with Crippen LogP contribution in [0.1, 0.15) is 39.1 Å². The number of ether oxygens (including phenoxy) is 1.